The summed E-state index contributed by atoms with van der Waals surface area (Å²) in [6.07, 6.45) is 1.75. The maximum atomic E-state index is 10.6. The van der Waals surface area contributed by atoms with Gasteiger partial charge in [-0.2, -0.15) is 0 Å². The number of thiazole rings is 1. The monoisotopic (exact) mass is 328 g/mol. The van der Waals surface area contributed by atoms with E-state index in [9.17, 15) is 10.1 Å². The van der Waals surface area contributed by atoms with E-state index in [2.05, 4.69) is 10.3 Å². The third kappa shape index (κ3) is 4.38. The Morgan fingerprint density at radius 2 is 2.00 bits per heavy atom. The predicted molar refractivity (Wildman–Crippen MR) is 86.7 cm³/mol. The minimum absolute atomic E-state index is 0. The Morgan fingerprint density at radius 1 is 1.38 bits per heavy atom. The van der Waals surface area contributed by atoms with Crippen LogP contribution in [-0.4, -0.2) is 9.91 Å². The summed E-state index contributed by atoms with van der Waals surface area (Å²) in [6, 6.07) is 6.57. The van der Waals surface area contributed by atoms with Crippen molar-refractivity contribution < 1.29 is 4.92 Å². The fourth-order valence-electron chi connectivity index (χ4n) is 1.81. The molecule has 2 rings (SSSR count). The number of rotatable bonds is 5. The minimum atomic E-state index is -0.399. The standard InChI is InChI=1S/C13H16N4O2S.ClH/c1-13(2,16-8-11-7-15-12(14)20-11)9-3-5-10(6-4-9)17(18)19;/h3-7,16H,8H2,1-2H3,(H2,14,15);1H. The molecule has 0 spiro atoms. The van der Waals surface area contributed by atoms with E-state index in [0.29, 0.717) is 11.7 Å². The molecule has 0 aliphatic rings. The molecule has 1 heterocycles. The first kappa shape index (κ1) is 17.4. The number of nitro groups is 1. The van der Waals surface area contributed by atoms with Crippen LogP contribution in [0.5, 0.6) is 0 Å². The Kier molecular flexibility index (Phi) is 5.65. The fraction of sp³-hybridized carbons (Fsp3) is 0.308. The van der Waals surface area contributed by atoms with E-state index in [-0.39, 0.29) is 23.6 Å². The van der Waals surface area contributed by atoms with Crippen molar-refractivity contribution in [1.29, 1.82) is 0 Å². The molecule has 0 radical (unpaired) electrons. The van der Waals surface area contributed by atoms with Gasteiger partial charge in [-0.25, -0.2) is 4.98 Å². The highest BCUT2D eigenvalue weighted by Gasteiger charge is 2.20. The first-order valence-corrected chi connectivity index (χ1v) is 6.90. The van der Waals surface area contributed by atoms with Crippen LogP contribution in [-0.2, 0) is 12.1 Å². The Morgan fingerprint density at radius 3 is 2.48 bits per heavy atom. The average Bonchev–Trinajstić information content (AvgIpc) is 2.82. The molecule has 0 aliphatic heterocycles. The van der Waals surface area contributed by atoms with Crippen LogP contribution in [0.1, 0.15) is 24.3 Å². The molecule has 0 saturated heterocycles. The third-order valence-electron chi connectivity index (χ3n) is 3.08. The lowest BCUT2D eigenvalue weighted by Crippen LogP contribution is -2.35. The van der Waals surface area contributed by atoms with Gasteiger partial charge in [-0.1, -0.05) is 12.1 Å². The van der Waals surface area contributed by atoms with Crippen molar-refractivity contribution in [3.63, 3.8) is 0 Å². The molecule has 0 unspecified atom stereocenters. The van der Waals surface area contributed by atoms with E-state index >= 15 is 0 Å². The van der Waals surface area contributed by atoms with E-state index in [4.69, 9.17) is 5.73 Å². The number of hydrogen-bond donors (Lipinski definition) is 2. The second kappa shape index (κ2) is 6.84. The predicted octanol–water partition coefficient (Wildman–Crippen LogP) is 3.08. The molecule has 1 aromatic carbocycles. The summed E-state index contributed by atoms with van der Waals surface area (Å²) in [6.45, 7) is 4.70. The first-order valence-electron chi connectivity index (χ1n) is 6.08. The highest BCUT2D eigenvalue weighted by atomic mass is 35.5. The van der Waals surface area contributed by atoms with Crippen LogP contribution in [0.2, 0.25) is 0 Å². The second-order valence-corrected chi connectivity index (χ2v) is 6.09. The molecule has 114 valence electrons. The molecule has 0 saturated carbocycles. The van der Waals surface area contributed by atoms with Crippen molar-refractivity contribution in [2.75, 3.05) is 5.73 Å². The van der Waals surface area contributed by atoms with Crippen molar-refractivity contribution in [3.8, 4) is 0 Å². The minimum Gasteiger partial charge on any atom is -0.375 e. The van der Waals surface area contributed by atoms with Crippen LogP contribution in [0.4, 0.5) is 10.8 Å². The van der Waals surface area contributed by atoms with Gasteiger partial charge in [0, 0.05) is 35.3 Å². The van der Waals surface area contributed by atoms with E-state index in [1.807, 2.05) is 13.8 Å². The van der Waals surface area contributed by atoms with Crippen LogP contribution in [0, 0.1) is 10.1 Å². The second-order valence-electron chi connectivity index (χ2n) is 4.95. The molecule has 8 heteroatoms. The van der Waals surface area contributed by atoms with Gasteiger partial charge < -0.3 is 11.1 Å². The summed E-state index contributed by atoms with van der Waals surface area (Å²) < 4.78 is 0. The molecule has 1 aromatic heterocycles. The maximum absolute atomic E-state index is 10.6. The summed E-state index contributed by atoms with van der Waals surface area (Å²) >= 11 is 1.44. The summed E-state index contributed by atoms with van der Waals surface area (Å²) in [5.41, 5.74) is 6.38. The van der Waals surface area contributed by atoms with Crippen LogP contribution >= 0.6 is 23.7 Å². The van der Waals surface area contributed by atoms with Gasteiger partial charge in [-0.15, -0.1) is 23.7 Å². The molecule has 0 fully saturated rings. The highest BCUT2D eigenvalue weighted by Crippen LogP contribution is 2.24. The van der Waals surface area contributed by atoms with Crippen molar-refractivity contribution in [1.82, 2.24) is 10.3 Å². The van der Waals surface area contributed by atoms with Crippen LogP contribution in [0.25, 0.3) is 0 Å². The van der Waals surface area contributed by atoms with Crippen molar-refractivity contribution in [3.05, 3.63) is 51.0 Å². The van der Waals surface area contributed by atoms with Crippen molar-refractivity contribution in [2.45, 2.75) is 25.9 Å². The summed E-state index contributed by atoms with van der Waals surface area (Å²) in [5.74, 6) is 0. The molecule has 0 bridgehead atoms. The molecule has 6 nitrogen and oxygen atoms in total. The van der Waals surface area contributed by atoms with Crippen LogP contribution < -0.4 is 11.1 Å². The van der Waals surface area contributed by atoms with Gasteiger partial charge in [-0.05, 0) is 19.4 Å². The molecular weight excluding hydrogens is 312 g/mol. The number of benzene rings is 1. The topological polar surface area (TPSA) is 94.1 Å². The van der Waals surface area contributed by atoms with E-state index in [0.717, 1.165) is 10.4 Å². The van der Waals surface area contributed by atoms with E-state index < -0.39 is 4.92 Å². The number of nitrogens with zero attached hydrogens (tertiary/aromatic N) is 2. The van der Waals surface area contributed by atoms with E-state index in [1.54, 1.807) is 18.3 Å². The Bertz CT molecular complexity index is 613. The molecule has 2 aromatic rings. The third-order valence-corrected chi connectivity index (χ3v) is 3.90. The molecule has 0 atom stereocenters. The Hall–Kier alpha value is -1.70. The zero-order chi connectivity index (χ0) is 14.8. The number of non-ortho nitro benzene ring substituents is 1. The molecular formula is C13H17ClN4O2S. The largest absolute Gasteiger partial charge is 0.375 e. The van der Waals surface area contributed by atoms with Gasteiger partial charge in [-0.3, -0.25) is 10.1 Å². The van der Waals surface area contributed by atoms with Gasteiger partial charge in [0.05, 0.1) is 4.92 Å². The fourth-order valence-corrected chi connectivity index (χ4v) is 2.44. The van der Waals surface area contributed by atoms with Gasteiger partial charge >= 0.3 is 0 Å². The average molecular weight is 329 g/mol. The smallest absolute Gasteiger partial charge is 0.269 e. The lowest BCUT2D eigenvalue weighted by atomic mass is 9.94. The van der Waals surface area contributed by atoms with Crippen LogP contribution in [0.3, 0.4) is 0 Å². The van der Waals surface area contributed by atoms with Crippen molar-refractivity contribution >= 4 is 34.6 Å². The van der Waals surface area contributed by atoms with Crippen molar-refractivity contribution in [2.24, 2.45) is 0 Å². The van der Waals surface area contributed by atoms with E-state index in [1.165, 1.54) is 23.5 Å². The first-order chi connectivity index (χ1) is 9.38. The molecule has 3 N–H and O–H groups in total. The Balaban J connectivity index is 0.00000220. The van der Waals surface area contributed by atoms with Gasteiger partial charge in [0.15, 0.2) is 5.13 Å². The van der Waals surface area contributed by atoms with Gasteiger partial charge in [0.2, 0.25) is 0 Å². The quantitative estimate of drug-likeness (QED) is 0.649. The normalized spacial score (nSPS) is 11.0. The summed E-state index contributed by atoms with van der Waals surface area (Å²) in [7, 11) is 0. The number of anilines is 1. The molecule has 0 aliphatic carbocycles. The zero-order valence-corrected chi connectivity index (χ0v) is 13.3. The number of nitrogens with two attached hydrogens (primary N) is 1. The molecule has 21 heavy (non-hydrogen) atoms. The lowest BCUT2D eigenvalue weighted by Gasteiger charge is -2.26. The number of halogens is 1. The Labute approximate surface area is 133 Å². The number of aromatic nitrogens is 1. The molecule has 0 amide bonds. The number of nitro benzene ring substituents is 1. The SMILES string of the molecule is CC(C)(NCc1cnc(N)s1)c1ccc([N+](=O)[O-])cc1.Cl. The highest BCUT2D eigenvalue weighted by molar-refractivity contribution is 7.15. The van der Waals surface area contributed by atoms with Crippen LogP contribution in [0.15, 0.2) is 30.5 Å². The maximum Gasteiger partial charge on any atom is 0.269 e. The number of hydrogen-bond acceptors (Lipinski definition) is 6. The lowest BCUT2D eigenvalue weighted by molar-refractivity contribution is -0.384. The summed E-state index contributed by atoms with van der Waals surface area (Å²) in [5, 5.41) is 14.6. The van der Waals surface area contributed by atoms with Gasteiger partial charge in [0.1, 0.15) is 0 Å². The number of nitrogens with one attached hydrogen (secondary N) is 1. The summed E-state index contributed by atoms with van der Waals surface area (Å²) in [4.78, 5) is 15.3. The number of nitrogen functional groups attached to an aromatic ring is 1. The van der Waals surface area contributed by atoms with Gasteiger partial charge in [0.25, 0.3) is 5.69 Å². The zero-order valence-electron chi connectivity index (χ0n) is 11.7.